The van der Waals surface area contributed by atoms with Gasteiger partial charge in [-0.15, -0.1) is 0 Å². The van der Waals surface area contributed by atoms with Crippen LogP contribution in [0.2, 0.25) is 0 Å². The van der Waals surface area contributed by atoms with Gasteiger partial charge in [0, 0.05) is 38.6 Å². The maximum Gasteiger partial charge on any atom is 0.146 e. The Morgan fingerprint density at radius 1 is 1.17 bits per heavy atom. The second kappa shape index (κ2) is 7.53. The van der Waals surface area contributed by atoms with Crippen molar-refractivity contribution in [3.05, 3.63) is 59.7 Å². The van der Waals surface area contributed by atoms with Gasteiger partial charge in [-0.3, -0.25) is 4.98 Å². The fourth-order valence-corrected chi connectivity index (χ4v) is 2.87. The number of nitrogens with one attached hydrogen (secondary N) is 1. The lowest BCUT2D eigenvalue weighted by Gasteiger charge is -2.32. The van der Waals surface area contributed by atoms with E-state index in [9.17, 15) is 9.50 Å². The van der Waals surface area contributed by atoms with Crippen molar-refractivity contribution in [3.8, 4) is 0 Å². The summed E-state index contributed by atoms with van der Waals surface area (Å²) in [6.45, 7) is 2.81. The van der Waals surface area contributed by atoms with Crippen LogP contribution in [0.4, 0.5) is 10.1 Å². The molecule has 0 radical (unpaired) electrons. The van der Waals surface area contributed by atoms with Crippen LogP contribution in [0.1, 0.15) is 24.0 Å². The number of rotatable bonds is 5. The summed E-state index contributed by atoms with van der Waals surface area (Å²) in [5.74, 6) is -0.197. The molecule has 0 spiro atoms. The number of anilines is 1. The highest BCUT2D eigenvalue weighted by molar-refractivity contribution is 5.50. The van der Waals surface area contributed by atoms with Crippen LogP contribution in [-0.4, -0.2) is 29.3 Å². The quantitative estimate of drug-likeness (QED) is 0.890. The molecule has 2 heterocycles. The van der Waals surface area contributed by atoms with Crippen LogP contribution >= 0.6 is 0 Å². The molecule has 1 aromatic heterocycles. The van der Waals surface area contributed by atoms with Crippen molar-refractivity contribution in [2.24, 2.45) is 0 Å². The Kier molecular flexibility index (Phi) is 5.20. The van der Waals surface area contributed by atoms with E-state index in [1.54, 1.807) is 6.20 Å². The molecule has 2 aromatic rings. The highest BCUT2D eigenvalue weighted by atomic mass is 19.1. The number of halogens is 1. The molecule has 1 saturated heterocycles. The molecular weight excluding hydrogens is 293 g/mol. The van der Waals surface area contributed by atoms with Gasteiger partial charge in [0.05, 0.1) is 11.8 Å². The molecular formula is C18H22FN3O. The number of nitrogens with zero attached hydrogens (tertiary/aromatic N) is 2. The van der Waals surface area contributed by atoms with E-state index in [0.717, 1.165) is 17.7 Å². The number of benzene rings is 1. The molecule has 0 atom stereocenters. The monoisotopic (exact) mass is 315 g/mol. The Morgan fingerprint density at radius 2 is 1.96 bits per heavy atom. The van der Waals surface area contributed by atoms with Gasteiger partial charge in [0.25, 0.3) is 0 Å². The summed E-state index contributed by atoms with van der Waals surface area (Å²) >= 11 is 0. The van der Waals surface area contributed by atoms with Crippen LogP contribution in [0.15, 0.2) is 42.7 Å². The summed E-state index contributed by atoms with van der Waals surface area (Å²) < 4.78 is 14.1. The summed E-state index contributed by atoms with van der Waals surface area (Å²) in [6.07, 6.45) is 4.73. The molecule has 0 aliphatic carbocycles. The van der Waals surface area contributed by atoms with Gasteiger partial charge in [-0.1, -0.05) is 12.1 Å². The van der Waals surface area contributed by atoms with Crippen LogP contribution < -0.4 is 10.2 Å². The summed E-state index contributed by atoms with van der Waals surface area (Å²) in [7, 11) is 0. The van der Waals surface area contributed by atoms with Crippen molar-refractivity contribution in [3.63, 3.8) is 0 Å². The van der Waals surface area contributed by atoms with Crippen LogP contribution in [0.5, 0.6) is 0 Å². The lowest BCUT2D eigenvalue weighted by Crippen LogP contribution is -2.36. The Balaban J connectivity index is 1.61. The minimum absolute atomic E-state index is 0.197. The molecule has 4 nitrogen and oxygen atoms in total. The molecule has 2 N–H and O–H groups in total. The third-order valence-electron chi connectivity index (χ3n) is 4.20. The molecule has 1 aliphatic heterocycles. The average Bonchev–Trinajstić information content (AvgIpc) is 2.58. The SMILES string of the molecule is OC1CCN(c2cc(CNCc3cccnc3)ccc2F)CC1. The molecule has 23 heavy (non-hydrogen) atoms. The van der Waals surface area contributed by atoms with E-state index < -0.39 is 0 Å². The van der Waals surface area contributed by atoms with Crippen LogP contribution in [0, 0.1) is 5.82 Å². The third kappa shape index (κ3) is 4.27. The number of hydrogen-bond donors (Lipinski definition) is 2. The van der Waals surface area contributed by atoms with Crippen LogP contribution in [0.3, 0.4) is 0 Å². The molecule has 1 aliphatic rings. The first kappa shape index (κ1) is 15.9. The van der Waals surface area contributed by atoms with E-state index in [0.29, 0.717) is 38.2 Å². The molecule has 3 rings (SSSR count). The number of aliphatic hydroxyl groups is 1. The van der Waals surface area contributed by atoms with Crippen molar-refractivity contribution >= 4 is 5.69 Å². The lowest BCUT2D eigenvalue weighted by molar-refractivity contribution is 0.145. The van der Waals surface area contributed by atoms with Gasteiger partial charge in [0.15, 0.2) is 0 Å². The van der Waals surface area contributed by atoms with E-state index in [1.165, 1.54) is 6.07 Å². The fourth-order valence-electron chi connectivity index (χ4n) is 2.87. The van der Waals surface area contributed by atoms with E-state index >= 15 is 0 Å². The highest BCUT2D eigenvalue weighted by Gasteiger charge is 2.19. The number of aliphatic hydroxyl groups excluding tert-OH is 1. The molecule has 0 unspecified atom stereocenters. The van der Waals surface area contributed by atoms with E-state index in [2.05, 4.69) is 10.3 Å². The Hall–Kier alpha value is -1.98. The maximum absolute atomic E-state index is 14.1. The third-order valence-corrected chi connectivity index (χ3v) is 4.20. The van der Waals surface area contributed by atoms with Crippen LogP contribution in [-0.2, 0) is 13.1 Å². The number of hydrogen-bond acceptors (Lipinski definition) is 4. The van der Waals surface area contributed by atoms with E-state index in [1.807, 2.05) is 35.4 Å². The predicted molar refractivity (Wildman–Crippen MR) is 88.6 cm³/mol. The molecule has 0 saturated carbocycles. The zero-order valence-electron chi connectivity index (χ0n) is 13.1. The summed E-state index contributed by atoms with van der Waals surface area (Å²) in [4.78, 5) is 6.11. The van der Waals surface area contributed by atoms with E-state index in [-0.39, 0.29) is 11.9 Å². The first-order valence-corrected chi connectivity index (χ1v) is 8.03. The number of pyridine rings is 1. The molecule has 122 valence electrons. The van der Waals surface area contributed by atoms with Gasteiger partial charge in [0.2, 0.25) is 0 Å². The van der Waals surface area contributed by atoms with Gasteiger partial charge in [0.1, 0.15) is 5.82 Å². The fraction of sp³-hybridized carbons (Fsp3) is 0.389. The van der Waals surface area contributed by atoms with Crippen LogP contribution in [0.25, 0.3) is 0 Å². The van der Waals surface area contributed by atoms with Gasteiger partial charge < -0.3 is 15.3 Å². The lowest BCUT2D eigenvalue weighted by atomic mass is 10.1. The molecule has 0 bridgehead atoms. The summed E-state index contributed by atoms with van der Waals surface area (Å²) in [5.41, 5.74) is 2.81. The Morgan fingerprint density at radius 3 is 2.70 bits per heavy atom. The Labute approximate surface area is 136 Å². The second-order valence-electron chi connectivity index (χ2n) is 5.97. The number of piperidine rings is 1. The predicted octanol–water partition coefficient (Wildman–Crippen LogP) is 2.47. The van der Waals surface area contributed by atoms with Crippen molar-refractivity contribution < 1.29 is 9.50 Å². The van der Waals surface area contributed by atoms with Gasteiger partial charge in [-0.25, -0.2) is 4.39 Å². The topological polar surface area (TPSA) is 48.4 Å². The van der Waals surface area contributed by atoms with Crippen molar-refractivity contribution in [1.82, 2.24) is 10.3 Å². The average molecular weight is 315 g/mol. The van der Waals surface area contributed by atoms with Crippen molar-refractivity contribution in [2.45, 2.75) is 32.0 Å². The maximum atomic E-state index is 14.1. The molecule has 1 fully saturated rings. The first-order chi connectivity index (χ1) is 11.2. The number of aromatic nitrogens is 1. The second-order valence-corrected chi connectivity index (χ2v) is 5.97. The van der Waals surface area contributed by atoms with Crippen molar-refractivity contribution in [1.29, 1.82) is 0 Å². The zero-order chi connectivity index (χ0) is 16.1. The standard InChI is InChI=1S/C18H22FN3O/c19-17-4-3-14(11-21-13-15-2-1-7-20-12-15)10-18(17)22-8-5-16(23)6-9-22/h1-4,7,10,12,16,21,23H,5-6,8-9,11,13H2. The normalized spacial score (nSPS) is 15.8. The van der Waals surface area contributed by atoms with Gasteiger partial charge in [-0.2, -0.15) is 0 Å². The largest absolute Gasteiger partial charge is 0.393 e. The minimum Gasteiger partial charge on any atom is -0.393 e. The molecule has 0 amide bonds. The summed E-state index contributed by atoms with van der Waals surface area (Å²) in [5, 5.41) is 12.9. The smallest absolute Gasteiger partial charge is 0.146 e. The van der Waals surface area contributed by atoms with Crippen molar-refractivity contribution in [2.75, 3.05) is 18.0 Å². The molecule has 5 heteroatoms. The zero-order valence-corrected chi connectivity index (χ0v) is 13.1. The first-order valence-electron chi connectivity index (χ1n) is 8.03. The Bertz CT molecular complexity index is 627. The highest BCUT2D eigenvalue weighted by Crippen LogP contribution is 2.24. The van der Waals surface area contributed by atoms with E-state index in [4.69, 9.17) is 0 Å². The summed E-state index contributed by atoms with van der Waals surface area (Å²) in [6, 6.07) is 9.19. The molecule has 1 aromatic carbocycles. The van der Waals surface area contributed by atoms with Gasteiger partial charge >= 0.3 is 0 Å². The minimum atomic E-state index is -0.251. The van der Waals surface area contributed by atoms with Gasteiger partial charge in [-0.05, 0) is 42.2 Å².